The summed E-state index contributed by atoms with van der Waals surface area (Å²) < 4.78 is 5.35. The summed E-state index contributed by atoms with van der Waals surface area (Å²) in [5.41, 5.74) is 2.50. The highest BCUT2D eigenvalue weighted by Gasteiger charge is 2.35. The number of pyridine rings is 1. The number of hydrogen-bond acceptors (Lipinski definition) is 7. The van der Waals surface area contributed by atoms with Crippen molar-refractivity contribution < 1.29 is 9.21 Å². The van der Waals surface area contributed by atoms with Crippen LogP contribution in [0, 0.1) is 0 Å². The zero-order valence-corrected chi connectivity index (χ0v) is 22.7. The number of halogens is 1. The van der Waals surface area contributed by atoms with E-state index >= 15 is 0 Å². The molecule has 202 valence electrons. The topological polar surface area (TPSA) is 94.4 Å². The molecule has 0 aliphatic carbocycles. The molecule has 0 bridgehead atoms. The van der Waals surface area contributed by atoms with E-state index in [1.165, 1.54) is 6.39 Å². The number of oxazole rings is 1. The van der Waals surface area contributed by atoms with Gasteiger partial charge in [0.05, 0.1) is 11.2 Å². The smallest absolute Gasteiger partial charge is 0.253 e. The van der Waals surface area contributed by atoms with E-state index in [2.05, 4.69) is 31.7 Å². The van der Waals surface area contributed by atoms with Gasteiger partial charge in [-0.1, -0.05) is 30.7 Å². The SMILES string of the molecule is CC[C@H]1CN(c2ncc(-c3ncc[nH]3)cc2Cl)CCN1C1CCN(C(=O)c2ccc(-c3cnco3)cc2)CC1. The van der Waals surface area contributed by atoms with Crippen LogP contribution in [0.1, 0.15) is 36.5 Å². The molecule has 9 nitrogen and oxygen atoms in total. The van der Waals surface area contributed by atoms with E-state index in [1.807, 2.05) is 41.4 Å². The number of rotatable bonds is 6. The number of anilines is 1. The Bertz CT molecular complexity index is 1380. The molecular weight excluding hydrogens is 514 g/mol. The van der Waals surface area contributed by atoms with Crippen LogP contribution in [0.25, 0.3) is 22.7 Å². The van der Waals surface area contributed by atoms with Gasteiger partial charge in [-0.25, -0.2) is 15.0 Å². The number of imidazole rings is 1. The van der Waals surface area contributed by atoms with Crippen molar-refractivity contribution in [2.24, 2.45) is 0 Å². The minimum Gasteiger partial charge on any atom is -0.444 e. The lowest BCUT2D eigenvalue weighted by Gasteiger charge is -2.47. The third kappa shape index (κ3) is 5.29. The van der Waals surface area contributed by atoms with E-state index in [0.29, 0.717) is 28.4 Å². The first-order valence-electron chi connectivity index (χ1n) is 13.5. The van der Waals surface area contributed by atoms with Crippen molar-refractivity contribution in [1.29, 1.82) is 0 Å². The van der Waals surface area contributed by atoms with Crippen LogP contribution in [0.4, 0.5) is 5.82 Å². The largest absolute Gasteiger partial charge is 0.444 e. The van der Waals surface area contributed by atoms with E-state index in [9.17, 15) is 4.79 Å². The highest BCUT2D eigenvalue weighted by atomic mass is 35.5. The summed E-state index contributed by atoms with van der Waals surface area (Å²) in [6.07, 6.45) is 11.4. The summed E-state index contributed by atoms with van der Waals surface area (Å²) in [5.74, 6) is 2.39. The van der Waals surface area contributed by atoms with Crippen molar-refractivity contribution in [3.8, 4) is 22.7 Å². The predicted octanol–water partition coefficient (Wildman–Crippen LogP) is 4.99. The van der Waals surface area contributed by atoms with Crippen molar-refractivity contribution in [3.63, 3.8) is 0 Å². The number of likely N-dealkylation sites (tertiary alicyclic amines) is 1. The zero-order chi connectivity index (χ0) is 26.8. The van der Waals surface area contributed by atoms with Crippen LogP contribution in [0.2, 0.25) is 5.02 Å². The molecule has 1 amide bonds. The van der Waals surface area contributed by atoms with Crippen molar-refractivity contribution in [3.05, 3.63) is 72.1 Å². The van der Waals surface area contributed by atoms with Crippen molar-refractivity contribution in [2.75, 3.05) is 37.6 Å². The Morgan fingerprint density at radius 1 is 1.08 bits per heavy atom. The number of piperidine rings is 1. The van der Waals surface area contributed by atoms with Gasteiger partial charge in [0.15, 0.2) is 12.2 Å². The van der Waals surface area contributed by atoms with Crippen LogP contribution in [-0.4, -0.2) is 80.5 Å². The quantitative estimate of drug-likeness (QED) is 0.365. The molecular formula is C29H32ClN7O2. The van der Waals surface area contributed by atoms with Crippen molar-refractivity contribution >= 4 is 23.3 Å². The van der Waals surface area contributed by atoms with Gasteiger partial charge in [-0.3, -0.25) is 9.69 Å². The van der Waals surface area contributed by atoms with Crippen LogP contribution in [0.3, 0.4) is 0 Å². The summed E-state index contributed by atoms with van der Waals surface area (Å²) in [6, 6.07) is 10.4. The van der Waals surface area contributed by atoms with Crippen LogP contribution < -0.4 is 4.90 Å². The predicted molar refractivity (Wildman–Crippen MR) is 151 cm³/mol. The minimum absolute atomic E-state index is 0.0909. The molecule has 0 spiro atoms. The van der Waals surface area contributed by atoms with Crippen LogP contribution in [-0.2, 0) is 0 Å². The molecule has 2 saturated heterocycles. The van der Waals surface area contributed by atoms with Crippen molar-refractivity contribution in [2.45, 2.75) is 38.3 Å². The average molecular weight is 546 g/mol. The Hall–Kier alpha value is -3.69. The maximum absolute atomic E-state index is 13.2. The number of carbonyl (C=O) groups is 1. The Labute approximate surface area is 232 Å². The molecule has 1 aromatic carbocycles. The van der Waals surface area contributed by atoms with Gasteiger partial charge in [0.1, 0.15) is 11.6 Å². The van der Waals surface area contributed by atoms with E-state index in [0.717, 1.165) is 74.8 Å². The Balaban J connectivity index is 1.05. The number of nitrogens with zero attached hydrogens (tertiary/aromatic N) is 6. The summed E-state index contributed by atoms with van der Waals surface area (Å²) in [6.45, 7) is 6.51. The maximum atomic E-state index is 13.2. The number of aromatic nitrogens is 4. The van der Waals surface area contributed by atoms with Gasteiger partial charge in [0.25, 0.3) is 5.91 Å². The molecule has 1 N–H and O–H groups in total. The molecule has 2 aliphatic heterocycles. The fourth-order valence-electron chi connectivity index (χ4n) is 5.84. The van der Waals surface area contributed by atoms with Crippen molar-refractivity contribution in [1.82, 2.24) is 29.7 Å². The molecule has 1 atom stereocenters. The number of H-pyrrole nitrogens is 1. The molecule has 4 aromatic rings. The van der Waals surface area contributed by atoms with Gasteiger partial charge >= 0.3 is 0 Å². The Kier molecular flexibility index (Phi) is 7.34. The van der Waals surface area contributed by atoms with Gasteiger partial charge in [0, 0.05) is 80.1 Å². The molecule has 2 fully saturated rings. The monoisotopic (exact) mass is 545 g/mol. The average Bonchev–Trinajstić information content (AvgIpc) is 3.72. The lowest BCUT2D eigenvalue weighted by molar-refractivity contribution is 0.0491. The lowest BCUT2D eigenvalue weighted by Crippen LogP contribution is -2.58. The minimum atomic E-state index is 0.0909. The Morgan fingerprint density at radius 2 is 1.90 bits per heavy atom. The number of carbonyl (C=O) groups excluding carboxylic acids is 1. The summed E-state index contributed by atoms with van der Waals surface area (Å²) in [4.78, 5) is 36.2. The molecule has 0 radical (unpaired) electrons. The molecule has 2 aliphatic rings. The summed E-state index contributed by atoms with van der Waals surface area (Å²) in [5, 5.41) is 0.646. The molecule has 0 unspecified atom stereocenters. The fourth-order valence-corrected chi connectivity index (χ4v) is 6.13. The third-order valence-electron chi connectivity index (χ3n) is 7.96. The molecule has 5 heterocycles. The number of nitrogens with one attached hydrogen (secondary N) is 1. The normalized spacial score (nSPS) is 19.0. The van der Waals surface area contributed by atoms with E-state index in [1.54, 1.807) is 18.6 Å². The first-order chi connectivity index (χ1) is 19.1. The number of amides is 1. The molecule has 3 aromatic heterocycles. The van der Waals surface area contributed by atoms with E-state index in [-0.39, 0.29) is 5.91 Å². The van der Waals surface area contributed by atoms with Gasteiger partial charge in [-0.2, -0.15) is 0 Å². The fraction of sp³-hybridized carbons (Fsp3) is 0.379. The maximum Gasteiger partial charge on any atom is 0.253 e. The molecule has 39 heavy (non-hydrogen) atoms. The van der Waals surface area contributed by atoms with Gasteiger partial charge in [-0.15, -0.1) is 0 Å². The standard InChI is InChI=1S/C29H32ClN7O2/c1-2-23-18-36(28-25(30)15-22(16-34-28)27-32-9-10-33-27)13-14-37(23)24-7-11-35(12-8-24)29(38)21-5-3-20(4-6-21)26-17-31-19-39-26/h3-6,9-10,15-17,19,23-24H,2,7-8,11-14,18H2,1H3,(H,32,33)/t23-/m0/s1. The first kappa shape index (κ1) is 25.6. The number of aromatic amines is 1. The third-order valence-corrected chi connectivity index (χ3v) is 8.24. The second-order valence-electron chi connectivity index (χ2n) is 10.2. The molecule has 6 rings (SSSR count). The second kappa shape index (κ2) is 11.2. The first-order valence-corrected chi connectivity index (χ1v) is 13.9. The summed E-state index contributed by atoms with van der Waals surface area (Å²) in [7, 11) is 0. The van der Waals surface area contributed by atoms with Crippen LogP contribution in [0.5, 0.6) is 0 Å². The zero-order valence-electron chi connectivity index (χ0n) is 22.0. The number of hydrogen-bond donors (Lipinski definition) is 1. The van der Waals surface area contributed by atoms with Crippen LogP contribution in [0.15, 0.2) is 65.9 Å². The highest BCUT2D eigenvalue weighted by Crippen LogP contribution is 2.31. The highest BCUT2D eigenvalue weighted by molar-refractivity contribution is 6.33. The van der Waals surface area contributed by atoms with Gasteiger partial charge < -0.3 is 19.2 Å². The van der Waals surface area contributed by atoms with E-state index in [4.69, 9.17) is 21.0 Å². The number of benzene rings is 1. The van der Waals surface area contributed by atoms with Crippen LogP contribution >= 0.6 is 11.6 Å². The Morgan fingerprint density at radius 3 is 2.56 bits per heavy atom. The number of piperazine rings is 1. The summed E-state index contributed by atoms with van der Waals surface area (Å²) >= 11 is 6.68. The van der Waals surface area contributed by atoms with Gasteiger partial charge in [-0.05, 0) is 37.5 Å². The van der Waals surface area contributed by atoms with Gasteiger partial charge in [0.2, 0.25) is 0 Å². The molecule has 0 saturated carbocycles. The second-order valence-corrected chi connectivity index (χ2v) is 10.6. The lowest BCUT2D eigenvalue weighted by atomic mass is 9.97. The molecule has 10 heteroatoms. The van der Waals surface area contributed by atoms with E-state index < -0.39 is 0 Å².